The minimum absolute atomic E-state index is 0.0743. The topological polar surface area (TPSA) is 63.6 Å². The minimum Gasteiger partial charge on any atom is -0.379 e. The van der Waals surface area contributed by atoms with E-state index in [1.165, 1.54) is 0 Å². The average Bonchev–Trinajstić information content (AvgIpc) is 2.81. The monoisotopic (exact) mass is 449 g/mol. The molecule has 2 aromatic carbocycles. The van der Waals surface area contributed by atoms with Gasteiger partial charge in [-0.25, -0.2) is 0 Å². The van der Waals surface area contributed by atoms with Crippen LogP contribution in [0.5, 0.6) is 0 Å². The van der Waals surface area contributed by atoms with Crippen molar-refractivity contribution in [2.24, 2.45) is 0 Å². The standard InChI is InChI=1S/C25H24ClN3O3/c1-2-9-29-17-22(25(31)27-15-18-3-6-20(26)7-4-18)24(30)21-14-19(5-8-23(21)29)16-28-10-12-32-13-11-28/h1,3-8,14,17H,9-13,15-16H2,(H,27,31). The van der Waals surface area contributed by atoms with Crippen molar-refractivity contribution in [2.45, 2.75) is 19.6 Å². The lowest BCUT2D eigenvalue weighted by atomic mass is 10.1. The van der Waals surface area contributed by atoms with E-state index < -0.39 is 5.91 Å². The summed E-state index contributed by atoms with van der Waals surface area (Å²) in [7, 11) is 0. The number of hydrogen-bond donors (Lipinski definition) is 1. The predicted octanol–water partition coefficient (Wildman–Crippen LogP) is 3.05. The van der Waals surface area contributed by atoms with Crippen LogP contribution in [-0.2, 0) is 24.4 Å². The fraction of sp³-hybridized carbons (Fsp3) is 0.280. The van der Waals surface area contributed by atoms with Crippen molar-refractivity contribution in [3.63, 3.8) is 0 Å². The summed E-state index contributed by atoms with van der Waals surface area (Å²) >= 11 is 5.91. The largest absolute Gasteiger partial charge is 0.379 e. The molecule has 0 radical (unpaired) electrons. The van der Waals surface area contributed by atoms with Gasteiger partial charge in [0.2, 0.25) is 5.43 Å². The number of carbonyl (C=O) groups is 1. The number of rotatable bonds is 6. The summed E-state index contributed by atoms with van der Waals surface area (Å²) in [6.45, 7) is 4.40. The Hall–Kier alpha value is -3.11. The van der Waals surface area contributed by atoms with Crippen LogP contribution in [0.1, 0.15) is 21.5 Å². The van der Waals surface area contributed by atoms with Crippen molar-refractivity contribution in [1.82, 2.24) is 14.8 Å². The molecule has 0 aliphatic carbocycles. The predicted molar refractivity (Wildman–Crippen MR) is 126 cm³/mol. The van der Waals surface area contributed by atoms with Crippen molar-refractivity contribution >= 4 is 28.4 Å². The van der Waals surface area contributed by atoms with Crippen molar-refractivity contribution < 1.29 is 9.53 Å². The lowest BCUT2D eigenvalue weighted by Gasteiger charge is -2.26. The Kier molecular flexibility index (Phi) is 6.91. The number of amides is 1. The van der Waals surface area contributed by atoms with Gasteiger partial charge in [-0.15, -0.1) is 6.42 Å². The maximum Gasteiger partial charge on any atom is 0.257 e. The van der Waals surface area contributed by atoms with Crippen molar-refractivity contribution in [2.75, 3.05) is 26.3 Å². The van der Waals surface area contributed by atoms with E-state index in [0.29, 0.717) is 35.7 Å². The quantitative estimate of drug-likeness (QED) is 0.587. The molecule has 6 nitrogen and oxygen atoms in total. The number of carbonyl (C=O) groups excluding carboxylic acids is 1. The van der Waals surface area contributed by atoms with E-state index in [1.54, 1.807) is 22.9 Å². The van der Waals surface area contributed by atoms with Crippen molar-refractivity contribution in [1.29, 1.82) is 0 Å². The van der Waals surface area contributed by atoms with E-state index >= 15 is 0 Å². The van der Waals surface area contributed by atoms with Gasteiger partial charge in [0.05, 0.1) is 25.3 Å². The van der Waals surface area contributed by atoms with E-state index in [-0.39, 0.29) is 17.5 Å². The molecule has 1 amide bonds. The number of halogens is 1. The molecule has 1 aromatic heterocycles. The zero-order valence-electron chi connectivity index (χ0n) is 17.6. The third-order valence-corrected chi connectivity index (χ3v) is 5.78. The second kappa shape index (κ2) is 10.0. The van der Waals surface area contributed by atoms with Gasteiger partial charge in [-0.2, -0.15) is 0 Å². The van der Waals surface area contributed by atoms with Gasteiger partial charge in [-0.3, -0.25) is 14.5 Å². The first-order chi connectivity index (χ1) is 15.5. The molecule has 0 spiro atoms. The molecule has 1 aliphatic rings. The molecule has 1 fully saturated rings. The molecule has 1 aliphatic heterocycles. The number of pyridine rings is 1. The number of hydrogen-bond acceptors (Lipinski definition) is 4. The molecular weight excluding hydrogens is 426 g/mol. The highest BCUT2D eigenvalue weighted by atomic mass is 35.5. The SMILES string of the molecule is C#CCn1cc(C(=O)NCc2ccc(Cl)cc2)c(=O)c2cc(CN3CCOCC3)ccc21. The fourth-order valence-corrected chi connectivity index (χ4v) is 3.96. The molecular formula is C25H24ClN3O3. The number of morpholine rings is 1. The molecule has 0 atom stereocenters. The van der Waals surface area contributed by atoms with Crippen LogP contribution >= 0.6 is 11.6 Å². The molecule has 0 unspecified atom stereocenters. The van der Waals surface area contributed by atoms with Gasteiger partial charge in [-0.05, 0) is 35.4 Å². The number of aromatic nitrogens is 1. The maximum absolute atomic E-state index is 13.2. The highest BCUT2D eigenvalue weighted by molar-refractivity contribution is 6.30. The lowest BCUT2D eigenvalue weighted by molar-refractivity contribution is 0.0342. The van der Waals surface area contributed by atoms with Gasteiger partial charge in [-0.1, -0.05) is 35.7 Å². The van der Waals surface area contributed by atoms with E-state index in [4.69, 9.17) is 22.8 Å². The smallest absolute Gasteiger partial charge is 0.257 e. The van der Waals surface area contributed by atoms with Gasteiger partial charge in [0.25, 0.3) is 5.91 Å². The first kappa shape index (κ1) is 22.1. The summed E-state index contributed by atoms with van der Waals surface area (Å²) in [4.78, 5) is 28.4. The second-order valence-electron chi connectivity index (χ2n) is 7.75. The third-order valence-electron chi connectivity index (χ3n) is 5.53. The van der Waals surface area contributed by atoms with Crippen LogP contribution in [0.2, 0.25) is 5.02 Å². The summed E-state index contributed by atoms with van der Waals surface area (Å²) in [6.07, 6.45) is 7.08. The van der Waals surface area contributed by atoms with Crippen molar-refractivity contribution in [3.05, 3.63) is 80.6 Å². The number of nitrogens with zero attached hydrogens (tertiary/aromatic N) is 2. The summed E-state index contributed by atoms with van der Waals surface area (Å²) in [5.74, 6) is 2.17. The first-order valence-electron chi connectivity index (χ1n) is 10.5. The fourth-order valence-electron chi connectivity index (χ4n) is 3.83. The Labute approximate surface area is 191 Å². The Morgan fingerprint density at radius 1 is 1.12 bits per heavy atom. The molecule has 164 valence electrons. The highest BCUT2D eigenvalue weighted by Gasteiger charge is 2.17. The van der Waals surface area contributed by atoms with Crippen LogP contribution in [0.3, 0.4) is 0 Å². The van der Waals surface area contributed by atoms with Crippen LogP contribution in [0.25, 0.3) is 10.9 Å². The second-order valence-corrected chi connectivity index (χ2v) is 8.19. The number of fused-ring (bicyclic) bond motifs is 1. The summed E-state index contributed by atoms with van der Waals surface area (Å²) < 4.78 is 7.18. The number of terminal acetylenes is 1. The molecule has 2 heterocycles. The van der Waals surface area contributed by atoms with Gasteiger partial charge < -0.3 is 14.6 Å². The number of benzene rings is 2. The molecule has 32 heavy (non-hydrogen) atoms. The van der Waals surface area contributed by atoms with Crippen LogP contribution in [0, 0.1) is 12.3 Å². The molecule has 0 bridgehead atoms. The van der Waals surface area contributed by atoms with E-state index in [1.807, 2.05) is 30.3 Å². The van der Waals surface area contributed by atoms with Crippen molar-refractivity contribution in [3.8, 4) is 12.3 Å². The number of nitrogens with one attached hydrogen (secondary N) is 1. The zero-order chi connectivity index (χ0) is 22.5. The number of ether oxygens (including phenoxy) is 1. The lowest BCUT2D eigenvalue weighted by Crippen LogP contribution is -2.35. The molecule has 0 saturated carbocycles. The summed E-state index contributed by atoms with van der Waals surface area (Å²) in [5.41, 5.74) is 2.40. The van der Waals surface area contributed by atoms with Crippen LogP contribution in [0.15, 0.2) is 53.5 Å². The van der Waals surface area contributed by atoms with Gasteiger partial charge in [0.1, 0.15) is 5.56 Å². The average molecular weight is 450 g/mol. The first-order valence-corrected chi connectivity index (χ1v) is 10.9. The van der Waals surface area contributed by atoms with Crippen LogP contribution < -0.4 is 10.7 Å². The normalized spacial score (nSPS) is 14.2. The van der Waals surface area contributed by atoms with E-state index in [0.717, 1.165) is 30.8 Å². The third kappa shape index (κ3) is 5.03. The molecule has 4 rings (SSSR count). The molecule has 1 N–H and O–H groups in total. The van der Waals surface area contributed by atoms with Crippen LogP contribution in [0.4, 0.5) is 0 Å². The summed E-state index contributed by atoms with van der Waals surface area (Å²) in [5, 5.41) is 3.94. The maximum atomic E-state index is 13.2. The Balaban J connectivity index is 1.64. The van der Waals surface area contributed by atoms with E-state index in [9.17, 15) is 9.59 Å². The van der Waals surface area contributed by atoms with E-state index in [2.05, 4.69) is 16.1 Å². The minimum atomic E-state index is -0.434. The zero-order valence-corrected chi connectivity index (χ0v) is 18.4. The summed E-state index contributed by atoms with van der Waals surface area (Å²) in [6, 6.07) is 13.0. The van der Waals surface area contributed by atoms with Gasteiger partial charge in [0, 0.05) is 42.8 Å². The molecule has 1 saturated heterocycles. The van der Waals surface area contributed by atoms with Crippen LogP contribution in [-0.4, -0.2) is 41.7 Å². The van der Waals surface area contributed by atoms with Gasteiger partial charge >= 0.3 is 0 Å². The van der Waals surface area contributed by atoms with Gasteiger partial charge in [0.15, 0.2) is 0 Å². The Morgan fingerprint density at radius 2 is 1.84 bits per heavy atom. The Bertz CT molecular complexity index is 1220. The molecule has 7 heteroatoms. The molecule has 3 aromatic rings. The Morgan fingerprint density at radius 3 is 2.56 bits per heavy atom. The highest BCUT2D eigenvalue weighted by Crippen LogP contribution is 2.17.